The first-order chi connectivity index (χ1) is 15.5. The van der Waals surface area contributed by atoms with Gasteiger partial charge in [-0.3, -0.25) is 4.79 Å². The number of furan rings is 1. The third-order valence-electron chi connectivity index (χ3n) is 5.09. The van der Waals surface area contributed by atoms with Crippen molar-refractivity contribution in [2.24, 2.45) is 0 Å². The number of rotatable bonds is 6. The average molecular weight is 452 g/mol. The van der Waals surface area contributed by atoms with Crippen molar-refractivity contribution in [3.05, 3.63) is 63.8 Å². The number of thiophene rings is 1. The minimum Gasteiger partial charge on any atom is -0.472 e. The predicted molar refractivity (Wildman–Crippen MR) is 116 cm³/mol. The second kappa shape index (κ2) is 9.53. The number of aryl methyl sites for hydroxylation is 1. The van der Waals surface area contributed by atoms with Gasteiger partial charge in [-0.25, -0.2) is 4.79 Å². The highest BCUT2D eigenvalue weighted by atomic mass is 32.1. The van der Waals surface area contributed by atoms with Crippen LogP contribution in [0.2, 0.25) is 0 Å². The summed E-state index contributed by atoms with van der Waals surface area (Å²) in [5.41, 5.74) is 2.93. The van der Waals surface area contributed by atoms with Crippen LogP contribution in [0.1, 0.15) is 39.3 Å². The number of amides is 2. The van der Waals surface area contributed by atoms with Crippen molar-refractivity contribution < 1.29 is 23.3 Å². The van der Waals surface area contributed by atoms with E-state index in [2.05, 4.69) is 21.9 Å². The van der Waals surface area contributed by atoms with E-state index in [0.29, 0.717) is 35.6 Å². The van der Waals surface area contributed by atoms with Crippen molar-refractivity contribution in [2.75, 3.05) is 5.32 Å². The molecule has 0 bridgehead atoms. The first-order valence-electron chi connectivity index (χ1n) is 9.94. The van der Waals surface area contributed by atoms with E-state index in [4.69, 9.17) is 13.7 Å². The van der Waals surface area contributed by atoms with Gasteiger partial charge in [-0.2, -0.15) is 5.26 Å². The van der Waals surface area contributed by atoms with Gasteiger partial charge in [-0.15, -0.1) is 11.3 Å². The number of carbonyl (C=O) groups excluding carboxylic acids is 2. The van der Waals surface area contributed by atoms with Crippen molar-refractivity contribution in [2.45, 2.75) is 38.8 Å². The average Bonchev–Trinajstić information content (AvgIpc) is 3.50. The molecule has 3 aromatic heterocycles. The van der Waals surface area contributed by atoms with Gasteiger partial charge in [0.2, 0.25) is 5.91 Å². The van der Waals surface area contributed by atoms with Crippen LogP contribution < -0.4 is 10.6 Å². The van der Waals surface area contributed by atoms with E-state index in [1.165, 1.54) is 29.9 Å². The summed E-state index contributed by atoms with van der Waals surface area (Å²) in [5, 5.41) is 19.3. The Morgan fingerprint density at radius 1 is 1.47 bits per heavy atom. The van der Waals surface area contributed by atoms with E-state index in [9.17, 15) is 14.9 Å². The van der Waals surface area contributed by atoms with Crippen molar-refractivity contribution in [3.63, 3.8) is 0 Å². The highest BCUT2D eigenvalue weighted by Gasteiger charge is 2.28. The molecule has 0 aromatic carbocycles. The number of ether oxygens (including phenoxy) is 1. The molecule has 10 heteroatoms. The highest BCUT2D eigenvalue weighted by Crippen LogP contribution is 2.38. The van der Waals surface area contributed by atoms with Crippen LogP contribution in [0.5, 0.6) is 0 Å². The minimum absolute atomic E-state index is 0.270. The molecule has 0 saturated carbocycles. The molecule has 1 aliphatic carbocycles. The van der Waals surface area contributed by atoms with Crippen molar-refractivity contribution in [3.8, 4) is 6.07 Å². The number of hydrogen-bond acceptors (Lipinski definition) is 8. The van der Waals surface area contributed by atoms with Crippen LogP contribution in [0, 0.1) is 18.3 Å². The zero-order valence-electron chi connectivity index (χ0n) is 17.2. The predicted octanol–water partition coefficient (Wildman–Crippen LogP) is 3.94. The third kappa shape index (κ3) is 4.90. The van der Waals surface area contributed by atoms with Gasteiger partial charge in [-0.1, -0.05) is 5.16 Å². The van der Waals surface area contributed by atoms with Crippen LogP contribution in [0.3, 0.4) is 0 Å². The standard InChI is InChI=1S/C22H20N4O5S/c1-13-15(11-25-31-13)10-24-22(28)30-16-3-4-17-18(9-23)21(32-19(17)8-16)26-20(27)5-2-14-6-7-29-12-14/h2,5-7,11-12,16H,3-4,8,10H2,1H3,(H,24,28)(H,26,27)/b5-2+. The summed E-state index contributed by atoms with van der Waals surface area (Å²) in [6, 6.07) is 3.93. The molecule has 0 radical (unpaired) electrons. The van der Waals surface area contributed by atoms with Crippen LogP contribution in [-0.2, 0) is 28.9 Å². The van der Waals surface area contributed by atoms with E-state index in [1.54, 1.807) is 25.3 Å². The van der Waals surface area contributed by atoms with Crippen molar-refractivity contribution >= 4 is 34.4 Å². The van der Waals surface area contributed by atoms with Crippen LogP contribution in [0.4, 0.5) is 9.80 Å². The molecule has 32 heavy (non-hydrogen) atoms. The van der Waals surface area contributed by atoms with Crippen LogP contribution in [0.15, 0.2) is 39.8 Å². The topological polar surface area (TPSA) is 130 Å². The Bertz CT molecular complexity index is 1190. The SMILES string of the molecule is Cc1oncc1CNC(=O)OC1CCc2c(sc(NC(=O)/C=C/c3ccoc3)c2C#N)C1. The van der Waals surface area contributed by atoms with Crippen molar-refractivity contribution in [1.82, 2.24) is 10.5 Å². The second-order valence-corrected chi connectivity index (χ2v) is 8.34. The Labute approximate surface area is 187 Å². The minimum atomic E-state index is -0.519. The lowest BCUT2D eigenvalue weighted by molar-refractivity contribution is -0.111. The maximum absolute atomic E-state index is 12.3. The summed E-state index contributed by atoms with van der Waals surface area (Å²) in [6.07, 6.45) is 8.48. The number of aromatic nitrogens is 1. The number of nitriles is 1. The fourth-order valence-electron chi connectivity index (χ4n) is 3.41. The Balaban J connectivity index is 1.36. The molecule has 3 aromatic rings. The maximum Gasteiger partial charge on any atom is 0.407 e. The summed E-state index contributed by atoms with van der Waals surface area (Å²) in [6.45, 7) is 2.04. The normalized spacial score (nSPS) is 15.2. The van der Waals surface area contributed by atoms with Gasteiger partial charge < -0.3 is 24.3 Å². The molecule has 0 spiro atoms. The summed E-state index contributed by atoms with van der Waals surface area (Å²) in [4.78, 5) is 25.4. The summed E-state index contributed by atoms with van der Waals surface area (Å²) >= 11 is 1.34. The smallest absolute Gasteiger partial charge is 0.407 e. The molecule has 1 unspecified atom stereocenters. The number of fused-ring (bicyclic) bond motifs is 1. The molecule has 0 aliphatic heterocycles. The van der Waals surface area contributed by atoms with E-state index < -0.39 is 6.09 Å². The molecule has 4 rings (SSSR count). The quantitative estimate of drug-likeness (QED) is 0.542. The van der Waals surface area contributed by atoms with Crippen LogP contribution >= 0.6 is 11.3 Å². The highest BCUT2D eigenvalue weighted by molar-refractivity contribution is 7.16. The van der Waals surface area contributed by atoms with Gasteiger partial charge in [0.1, 0.15) is 22.9 Å². The fourth-order valence-corrected chi connectivity index (χ4v) is 4.67. The Kier molecular flexibility index (Phi) is 6.37. The lowest BCUT2D eigenvalue weighted by Gasteiger charge is -2.22. The maximum atomic E-state index is 12.3. The number of carbonyl (C=O) groups is 2. The van der Waals surface area contributed by atoms with Gasteiger partial charge in [0, 0.05) is 28.5 Å². The van der Waals surface area contributed by atoms with Gasteiger partial charge in [0.05, 0.1) is 30.8 Å². The molecule has 3 heterocycles. The zero-order valence-corrected chi connectivity index (χ0v) is 18.0. The molecule has 164 valence electrons. The zero-order chi connectivity index (χ0) is 22.5. The molecule has 1 atom stereocenters. The summed E-state index contributed by atoms with van der Waals surface area (Å²) < 4.78 is 15.5. The van der Waals surface area contributed by atoms with E-state index in [-0.39, 0.29) is 18.6 Å². The number of anilines is 1. The molecule has 2 amide bonds. The van der Waals surface area contributed by atoms with Gasteiger partial charge in [-0.05, 0) is 37.5 Å². The van der Waals surface area contributed by atoms with Crippen LogP contribution in [-0.4, -0.2) is 23.3 Å². The lowest BCUT2D eigenvalue weighted by atomic mass is 9.94. The Morgan fingerprint density at radius 3 is 3.06 bits per heavy atom. The second-order valence-electron chi connectivity index (χ2n) is 7.23. The molecule has 9 nitrogen and oxygen atoms in total. The third-order valence-corrected chi connectivity index (χ3v) is 6.26. The van der Waals surface area contributed by atoms with E-state index >= 15 is 0 Å². The molecule has 0 saturated heterocycles. The number of nitrogens with one attached hydrogen (secondary N) is 2. The van der Waals surface area contributed by atoms with E-state index in [0.717, 1.165) is 21.6 Å². The Morgan fingerprint density at radius 2 is 2.34 bits per heavy atom. The van der Waals surface area contributed by atoms with Gasteiger partial charge in [0.25, 0.3) is 0 Å². The van der Waals surface area contributed by atoms with Gasteiger partial charge >= 0.3 is 6.09 Å². The molecule has 0 fully saturated rings. The van der Waals surface area contributed by atoms with Crippen molar-refractivity contribution in [1.29, 1.82) is 5.26 Å². The number of nitrogens with zero attached hydrogens (tertiary/aromatic N) is 2. The molecule has 1 aliphatic rings. The molecule has 2 N–H and O–H groups in total. The molecular weight excluding hydrogens is 432 g/mol. The van der Waals surface area contributed by atoms with Crippen LogP contribution in [0.25, 0.3) is 6.08 Å². The summed E-state index contributed by atoms with van der Waals surface area (Å²) in [5.74, 6) is 0.307. The largest absolute Gasteiger partial charge is 0.472 e. The molecular formula is C22H20N4O5S. The summed E-state index contributed by atoms with van der Waals surface area (Å²) in [7, 11) is 0. The number of alkyl carbamates (subject to hydrolysis) is 1. The lowest BCUT2D eigenvalue weighted by Crippen LogP contribution is -2.31. The fraction of sp³-hybridized carbons (Fsp3) is 0.273. The van der Waals surface area contributed by atoms with Gasteiger partial charge in [0.15, 0.2) is 0 Å². The monoisotopic (exact) mass is 452 g/mol. The Hall–Kier alpha value is -3.84. The number of hydrogen-bond donors (Lipinski definition) is 2. The first kappa shape index (κ1) is 21.4. The van der Waals surface area contributed by atoms with E-state index in [1.807, 2.05) is 0 Å². The first-order valence-corrected chi connectivity index (χ1v) is 10.8.